The second-order valence-corrected chi connectivity index (χ2v) is 7.09. The Hall–Kier alpha value is -2.30. The lowest BCUT2D eigenvalue weighted by Gasteiger charge is -2.25. The Morgan fingerprint density at radius 1 is 1.19 bits per heavy atom. The molecule has 0 aliphatic heterocycles. The predicted molar refractivity (Wildman–Crippen MR) is 107 cm³/mol. The van der Waals surface area contributed by atoms with E-state index in [-0.39, 0.29) is 12.5 Å². The van der Waals surface area contributed by atoms with Gasteiger partial charge in [0, 0.05) is 28.3 Å². The third-order valence-corrected chi connectivity index (χ3v) is 4.26. The SMILES string of the molecule is COc1ccc(C(=O)NC(C)(C)CCO)cc1C=Cc1ccc(Cl)cc1. The molecule has 1 amide bonds. The van der Waals surface area contributed by atoms with E-state index in [4.69, 9.17) is 21.4 Å². The number of ether oxygens (including phenoxy) is 1. The standard InChI is InChI=1S/C21H24ClNO3/c1-21(2,12-13-24)23-20(25)17-8-11-19(26-3)16(14-17)7-4-15-5-9-18(22)10-6-15/h4-11,14,24H,12-13H2,1-3H3,(H,23,25). The summed E-state index contributed by atoms with van der Waals surface area (Å²) in [6, 6.07) is 12.8. The van der Waals surface area contributed by atoms with Crippen LogP contribution < -0.4 is 10.1 Å². The number of methoxy groups -OCH3 is 1. The van der Waals surface area contributed by atoms with Crippen molar-refractivity contribution in [1.82, 2.24) is 5.32 Å². The molecule has 0 saturated carbocycles. The molecule has 0 atom stereocenters. The van der Waals surface area contributed by atoms with Gasteiger partial charge in [-0.1, -0.05) is 35.9 Å². The summed E-state index contributed by atoms with van der Waals surface area (Å²) >= 11 is 5.90. The predicted octanol–water partition coefficient (Wildman–Crippen LogP) is 4.41. The highest BCUT2D eigenvalue weighted by molar-refractivity contribution is 6.30. The molecule has 0 fully saturated rings. The molecule has 0 aromatic heterocycles. The summed E-state index contributed by atoms with van der Waals surface area (Å²) in [5, 5.41) is 12.7. The minimum absolute atomic E-state index is 0.0188. The van der Waals surface area contributed by atoms with E-state index in [9.17, 15) is 4.79 Å². The number of hydrogen-bond acceptors (Lipinski definition) is 3. The number of hydrogen-bond donors (Lipinski definition) is 2. The molecule has 138 valence electrons. The monoisotopic (exact) mass is 373 g/mol. The van der Waals surface area contributed by atoms with Gasteiger partial charge in [-0.2, -0.15) is 0 Å². The molecular formula is C21H24ClNO3. The van der Waals surface area contributed by atoms with Crippen LogP contribution in [0.3, 0.4) is 0 Å². The summed E-state index contributed by atoms with van der Waals surface area (Å²) in [5.74, 6) is 0.494. The Morgan fingerprint density at radius 3 is 2.50 bits per heavy atom. The van der Waals surface area contributed by atoms with Crippen LogP contribution in [0.2, 0.25) is 5.02 Å². The number of amides is 1. The Bertz CT molecular complexity index is 782. The maximum Gasteiger partial charge on any atom is 0.251 e. The summed E-state index contributed by atoms with van der Waals surface area (Å²) in [6.45, 7) is 3.78. The molecule has 26 heavy (non-hydrogen) atoms. The van der Waals surface area contributed by atoms with Crippen molar-refractivity contribution >= 4 is 29.7 Å². The van der Waals surface area contributed by atoms with Gasteiger partial charge in [0.15, 0.2) is 0 Å². The van der Waals surface area contributed by atoms with Crippen molar-refractivity contribution in [2.24, 2.45) is 0 Å². The van der Waals surface area contributed by atoms with E-state index < -0.39 is 5.54 Å². The number of carbonyl (C=O) groups is 1. The van der Waals surface area contributed by atoms with Crippen LogP contribution in [0, 0.1) is 0 Å². The number of rotatable bonds is 7. The molecule has 0 radical (unpaired) electrons. The number of halogens is 1. The number of benzene rings is 2. The Morgan fingerprint density at radius 2 is 1.88 bits per heavy atom. The van der Waals surface area contributed by atoms with Crippen LogP contribution in [0.1, 0.15) is 41.8 Å². The number of aliphatic hydroxyl groups excluding tert-OH is 1. The van der Waals surface area contributed by atoms with Crippen molar-refractivity contribution in [3.8, 4) is 5.75 Å². The van der Waals surface area contributed by atoms with Crippen molar-refractivity contribution in [2.75, 3.05) is 13.7 Å². The molecule has 5 heteroatoms. The zero-order valence-electron chi connectivity index (χ0n) is 15.3. The zero-order chi connectivity index (χ0) is 19.2. The van der Waals surface area contributed by atoms with E-state index in [0.717, 1.165) is 11.1 Å². The molecule has 0 unspecified atom stereocenters. The summed E-state index contributed by atoms with van der Waals surface area (Å²) in [5.41, 5.74) is 1.85. The molecular weight excluding hydrogens is 350 g/mol. The lowest BCUT2D eigenvalue weighted by Crippen LogP contribution is -2.44. The van der Waals surface area contributed by atoms with Gasteiger partial charge in [-0.15, -0.1) is 0 Å². The molecule has 4 nitrogen and oxygen atoms in total. The third kappa shape index (κ3) is 5.61. The summed E-state index contributed by atoms with van der Waals surface area (Å²) in [7, 11) is 1.60. The van der Waals surface area contributed by atoms with Crippen LogP contribution in [0.4, 0.5) is 0 Å². The lowest BCUT2D eigenvalue weighted by molar-refractivity contribution is 0.0899. The smallest absolute Gasteiger partial charge is 0.251 e. The van der Waals surface area contributed by atoms with Crippen LogP contribution in [0.25, 0.3) is 12.2 Å². The Kier molecular flexibility index (Phi) is 6.83. The normalized spacial score (nSPS) is 11.6. The van der Waals surface area contributed by atoms with E-state index in [1.54, 1.807) is 25.3 Å². The Balaban J connectivity index is 2.24. The highest BCUT2D eigenvalue weighted by atomic mass is 35.5. The maximum atomic E-state index is 12.5. The van der Waals surface area contributed by atoms with Crippen LogP contribution in [-0.4, -0.2) is 30.3 Å². The largest absolute Gasteiger partial charge is 0.496 e. The highest BCUT2D eigenvalue weighted by Crippen LogP contribution is 2.23. The third-order valence-electron chi connectivity index (χ3n) is 4.01. The van der Waals surface area contributed by atoms with Crippen molar-refractivity contribution in [3.05, 3.63) is 64.2 Å². The maximum absolute atomic E-state index is 12.5. The van der Waals surface area contributed by atoms with Gasteiger partial charge in [-0.05, 0) is 56.2 Å². The van der Waals surface area contributed by atoms with Gasteiger partial charge in [-0.3, -0.25) is 4.79 Å². The average Bonchev–Trinajstić information content (AvgIpc) is 2.60. The summed E-state index contributed by atoms with van der Waals surface area (Å²) < 4.78 is 5.39. The first-order valence-electron chi connectivity index (χ1n) is 8.40. The lowest BCUT2D eigenvalue weighted by atomic mass is 10.00. The topological polar surface area (TPSA) is 58.6 Å². The van der Waals surface area contributed by atoms with Gasteiger partial charge < -0.3 is 15.2 Å². The van der Waals surface area contributed by atoms with Gasteiger partial charge in [-0.25, -0.2) is 0 Å². The van der Waals surface area contributed by atoms with Gasteiger partial charge >= 0.3 is 0 Å². The van der Waals surface area contributed by atoms with Crippen molar-refractivity contribution in [2.45, 2.75) is 25.8 Å². The quantitative estimate of drug-likeness (QED) is 0.707. The van der Waals surface area contributed by atoms with Crippen LogP contribution >= 0.6 is 11.6 Å². The van der Waals surface area contributed by atoms with Gasteiger partial charge in [0.2, 0.25) is 0 Å². The first-order chi connectivity index (χ1) is 12.3. The van der Waals surface area contributed by atoms with Crippen LogP contribution in [-0.2, 0) is 0 Å². The fraction of sp³-hybridized carbons (Fsp3) is 0.286. The molecule has 0 saturated heterocycles. The molecule has 0 heterocycles. The van der Waals surface area contributed by atoms with Gasteiger partial charge in [0.05, 0.1) is 7.11 Å². The van der Waals surface area contributed by atoms with Crippen LogP contribution in [0.5, 0.6) is 5.75 Å². The second-order valence-electron chi connectivity index (χ2n) is 6.65. The molecule has 2 aromatic rings. The second kappa shape index (κ2) is 8.88. The summed E-state index contributed by atoms with van der Waals surface area (Å²) in [4.78, 5) is 12.5. The van der Waals surface area contributed by atoms with E-state index in [0.29, 0.717) is 22.8 Å². The molecule has 0 aliphatic rings. The zero-order valence-corrected chi connectivity index (χ0v) is 16.0. The first kappa shape index (κ1) is 20.0. The number of nitrogens with one attached hydrogen (secondary N) is 1. The van der Waals surface area contributed by atoms with Crippen molar-refractivity contribution < 1.29 is 14.6 Å². The number of aliphatic hydroxyl groups is 1. The van der Waals surface area contributed by atoms with Crippen molar-refractivity contribution in [1.29, 1.82) is 0 Å². The van der Waals surface area contributed by atoms with E-state index in [1.165, 1.54) is 0 Å². The molecule has 0 bridgehead atoms. The van der Waals surface area contributed by atoms with Gasteiger partial charge in [0.1, 0.15) is 5.75 Å². The molecule has 0 aliphatic carbocycles. The van der Waals surface area contributed by atoms with Gasteiger partial charge in [0.25, 0.3) is 5.91 Å². The minimum Gasteiger partial charge on any atom is -0.496 e. The van der Waals surface area contributed by atoms with E-state index in [1.807, 2.05) is 50.3 Å². The molecule has 2 N–H and O–H groups in total. The fourth-order valence-corrected chi connectivity index (χ4v) is 2.61. The highest BCUT2D eigenvalue weighted by Gasteiger charge is 2.21. The molecule has 2 aromatic carbocycles. The minimum atomic E-state index is -0.481. The molecule has 2 rings (SSSR count). The number of carbonyl (C=O) groups excluding carboxylic acids is 1. The van der Waals surface area contributed by atoms with E-state index in [2.05, 4.69) is 5.32 Å². The van der Waals surface area contributed by atoms with Crippen molar-refractivity contribution in [3.63, 3.8) is 0 Å². The first-order valence-corrected chi connectivity index (χ1v) is 8.77. The fourth-order valence-electron chi connectivity index (χ4n) is 2.49. The average molecular weight is 374 g/mol. The molecule has 0 spiro atoms. The summed E-state index contributed by atoms with van der Waals surface area (Å²) in [6.07, 6.45) is 4.32. The van der Waals surface area contributed by atoms with E-state index >= 15 is 0 Å². The van der Waals surface area contributed by atoms with Crippen LogP contribution in [0.15, 0.2) is 42.5 Å². The Labute approximate surface area is 159 Å².